The summed E-state index contributed by atoms with van der Waals surface area (Å²) in [5.74, 6) is -1.69. The van der Waals surface area contributed by atoms with Crippen LogP contribution in [0.5, 0.6) is 0 Å². The van der Waals surface area contributed by atoms with Crippen LogP contribution in [0.4, 0.5) is 13.2 Å². The fourth-order valence-corrected chi connectivity index (χ4v) is 0.627. The smallest absolute Gasteiger partial charge is 0.153 e. The van der Waals surface area contributed by atoms with Crippen LogP contribution < -0.4 is 0 Å². The first-order valence-corrected chi connectivity index (χ1v) is 4.07. The number of hydrogen-bond donors (Lipinski definition) is 0. The van der Waals surface area contributed by atoms with Crippen molar-refractivity contribution in [2.75, 3.05) is 13.3 Å². The Kier molecular flexibility index (Phi) is 5.76. The van der Waals surface area contributed by atoms with E-state index in [0.29, 0.717) is 0 Å². The lowest BCUT2D eigenvalue weighted by Crippen LogP contribution is -1.96. The van der Waals surface area contributed by atoms with Crippen LogP contribution in [0, 0.1) is 0 Å². The standard InChI is InChI=1S/C10H13F3O/c1-7(2)9(13)6-10(8(3)12)14-5-4-11/h6H,1,4-5H2,2-3H3/b9-6+,10-8-. The number of alkyl halides is 1. The molecule has 0 amide bonds. The van der Waals surface area contributed by atoms with Gasteiger partial charge in [-0.1, -0.05) is 6.58 Å². The molecule has 0 aromatic carbocycles. The van der Waals surface area contributed by atoms with Crippen molar-refractivity contribution in [1.82, 2.24) is 0 Å². The third-order valence-corrected chi connectivity index (χ3v) is 1.34. The van der Waals surface area contributed by atoms with E-state index in [1.54, 1.807) is 0 Å². The Hall–Kier alpha value is -1.19. The van der Waals surface area contributed by atoms with Crippen molar-refractivity contribution in [2.24, 2.45) is 0 Å². The highest BCUT2D eigenvalue weighted by atomic mass is 19.1. The Bertz CT molecular complexity index is 263. The highest BCUT2D eigenvalue weighted by Gasteiger charge is 2.04. The van der Waals surface area contributed by atoms with E-state index in [4.69, 9.17) is 0 Å². The third-order valence-electron chi connectivity index (χ3n) is 1.34. The van der Waals surface area contributed by atoms with E-state index in [9.17, 15) is 13.2 Å². The van der Waals surface area contributed by atoms with Gasteiger partial charge in [-0.3, -0.25) is 0 Å². The molecular formula is C10H13F3O. The quantitative estimate of drug-likeness (QED) is 0.493. The molecule has 1 nitrogen and oxygen atoms in total. The van der Waals surface area contributed by atoms with Gasteiger partial charge >= 0.3 is 0 Å². The van der Waals surface area contributed by atoms with Crippen molar-refractivity contribution in [3.8, 4) is 0 Å². The molecular weight excluding hydrogens is 193 g/mol. The van der Waals surface area contributed by atoms with Gasteiger partial charge in [0.1, 0.15) is 24.9 Å². The van der Waals surface area contributed by atoms with E-state index < -0.39 is 18.3 Å². The van der Waals surface area contributed by atoms with Gasteiger partial charge < -0.3 is 4.74 Å². The van der Waals surface area contributed by atoms with Crippen LogP contribution >= 0.6 is 0 Å². The average molecular weight is 206 g/mol. The van der Waals surface area contributed by atoms with E-state index in [1.807, 2.05) is 0 Å². The van der Waals surface area contributed by atoms with Crippen molar-refractivity contribution in [3.63, 3.8) is 0 Å². The molecule has 14 heavy (non-hydrogen) atoms. The molecule has 0 aliphatic heterocycles. The summed E-state index contributed by atoms with van der Waals surface area (Å²) >= 11 is 0. The molecule has 80 valence electrons. The van der Waals surface area contributed by atoms with E-state index in [-0.39, 0.29) is 17.9 Å². The van der Waals surface area contributed by atoms with Gasteiger partial charge in [-0.05, 0) is 19.4 Å². The van der Waals surface area contributed by atoms with Gasteiger partial charge in [0.05, 0.1) is 0 Å². The van der Waals surface area contributed by atoms with E-state index in [2.05, 4.69) is 11.3 Å². The summed E-state index contributed by atoms with van der Waals surface area (Å²) in [6.07, 6.45) is 0.854. The molecule has 0 aromatic rings. The zero-order valence-corrected chi connectivity index (χ0v) is 8.24. The van der Waals surface area contributed by atoms with Crippen LogP contribution in [0.15, 0.2) is 35.6 Å². The van der Waals surface area contributed by atoms with Gasteiger partial charge in [-0.2, -0.15) is 0 Å². The molecule has 0 saturated carbocycles. The number of halogens is 3. The molecule has 0 aromatic heterocycles. The van der Waals surface area contributed by atoms with Crippen molar-refractivity contribution >= 4 is 0 Å². The lowest BCUT2D eigenvalue weighted by molar-refractivity contribution is 0.189. The maximum atomic E-state index is 13.0. The van der Waals surface area contributed by atoms with Crippen molar-refractivity contribution < 1.29 is 17.9 Å². The summed E-state index contributed by atoms with van der Waals surface area (Å²) in [6, 6.07) is 0. The van der Waals surface area contributed by atoms with Gasteiger partial charge in [-0.15, -0.1) is 0 Å². The third kappa shape index (κ3) is 4.74. The summed E-state index contributed by atoms with van der Waals surface area (Å²) < 4.78 is 42.0. The molecule has 4 heteroatoms. The molecule has 0 fully saturated rings. The van der Waals surface area contributed by atoms with Crippen molar-refractivity contribution in [2.45, 2.75) is 13.8 Å². The van der Waals surface area contributed by atoms with Gasteiger partial charge in [0.2, 0.25) is 0 Å². The first kappa shape index (κ1) is 12.8. The summed E-state index contributed by atoms with van der Waals surface area (Å²) in [5, 5.41) is 0. The fourth-order valence-electron chi connectivity index (χ4n) is 0.627. The van der Waals surface area contributed by atoms with Gasteiger partial charge in [0, 0.05) is 6.08 Å². The lowest BCUT2D eigenvalue weighted by atomic mass is 10.2. The highest BCUT2D eigenvalue weighted by molar-refractivity contribution is 5.28. The number of rotatable bonds is 5. The highest BCUT2D eigenvalue weighted by Crippen LogP contribution is 2.16. The summed E-state index contributed by atoms with van der Waals surface area (Å²) in [7, 11) is 0. The molecule has 0 spiro atoms. The van der Waals surface area contributed by atoms with Gasteiger partial charge in [0.25, 0.3) is 0 Å². The first-order valence-electron chi connectivity index (χ1n) is 4.07. The Morgan fingerprint density at radius 2 is 1.93 bits per heavy atom. The van der Waals surface area contributed by atoms with Crippen molar-refractivity contribution in [3.05, 3.63) is 35.6 Å². The Labute approximate surface area is 81.6 Å². The second-order valence-corrected chi connectivity index (χ2v) is 2.71. The van der Waals surface area contributed by atoms with Crippen LogP contribution in [0.25, 0.3) is 0 Å². The number of allylic oxidation sites excluding steroid dienone is 4. The summed E-state index contributed by atoms with van der Waals surface area (Å²) in [6.45, 7) is 4.83. The van der Waals surface area contributed by atoms with Crippen LogP contribution in [-0.2, 0) is 4.74 Å². The topological polar surface area (TPSA) is 9.23 Å². The Morgan fingerprint density at radius 3 is 2.29 bits per heavy atom. The molecule has 0 heterocycles. The van der Waals surface area contributed by atoms with Crippen LogP contribution in [0.1, 0.15) is 13.8 Å². The number of hydrogen-bond acceptors (Lipinski definition) is 1. The second kappa shape index (κ2) is 6.29. The van der Waals surface area contributed by atoms with Crippen molar-refractivity contribution in [1.29, 1.82) is 0 Å². The molecule has 0 atom stereocenters. The normalized spacial score (nSPS) is 13.6. The largest absolute Gasteiger partial charge is 0.488 e. The summed E-state index contributed by atoms with van der Waals surface area (Å²) in [4.78, 5) is 0. The van der Waals surface area contributed by atoms with E-state index in [1.165, 1.54) is 6.92 Å². The molecule has 0 rings (SSSR count). The summed E-state index contributed by atoms with van der Waals surface area (Å²) in [5.41, 5.74) is 0.160. The zero-order chi connectivity index (χ0) is 11.1. The minimum absolute atomic E-state index is 0.160. The Morgan fingerprint density at radius 1 is 1.36 bits per heavy atom. The van der Waals surface area contributed by atoms with Gasteiger partial charge in [-0.25, -0.2) is 13.2 Å². The monoisotopic (exact) mass is 206 g/mol. The molecule has 0 N–H and O–H groups in total. The van der Waals surface area contributed by atoms with E-state index >= 15 is 0 Å². The SMILES string of the molecule is C=C(C)/C(F)=C\C(OCCF)=C(/C)F. The lowest BCUT2D eigenvalue weighted by Gasteiger charge is -2.05. The molecule has 0 bridgehead atoms. The van der Waals surface area contributed by atoms with Crippen LogP contribution in [0.3, 0.4) is 0 Å². The van der Waals surface area contributed by atoms with Gasteiger partial charge in [0.15, 0.2) is 5.76 Å². The molecule has 0 radical (unpaired) electrons. The minimum atomic E-state index is -0.751. The maximum absolute atomic E-state index is 13.0. The van der Waals surface area contributed by atoms with Crippen LogP contribution in [0.2, 0.25) is 0 Å². The predicted octanol–water partition coefficient (Wildman–Crippen LogP) is 3.60. The zero-order valence-electron chi connectivity index (χ0n) is 8.24. The average Bonchev–Trinajstić information content (AvgIpc) is 2.10. The molecule has 0 aliphatic rings. The maximum Gasteiger partial charge on any atom is 0.153 e. The molecule has 0 saturated heterocycles. The molecule has 0 aliphatic carbocycles. The molecule has 0 unspecified atom stereocenters. The van der Waals surface area contributed by atoms with Crippen LogP contribution in [-0.4, -0.2) is 13.3 Å². The first-order chi connectivity index (χ1) is 6.49. The second-order valence-electron chi connectivity index (χ2n) is 2.71. The fraction of sp³-hybridized carbons (Fsp3) is 0.400. The predicted molar refractivity (Wildman–Crippen MR) is 49.7 cm³/mol. The van der Waals surface area contributed by atoms with E-state index in [0.717, 1.165) is 13.0 Å². The Balaban J connectivity index is 4.63. The minimum Gasteiger partial charge on any atom is -0.488 e. The number of ether oxygens (including phenoxy) is 1.